The Kier molecular flexibility index (Phi) is 19.8. The van der Waals surface area contributed by atoms with E-state index in [1.54, 1.807) is 31.2 Å². The van der Waals surface area contributed by atoms with Crippen LogP contribution in [0, 0.1) is 33.1 Å². The third-order valence-corrected chi connectivity index (χ3v) is 12.8. The Balaban J connectivity index is 0.000000250. The van der Waals surface area contributed by atoms with Crippen molar-refractivity contribution in [1.29, 1.82) is 0 Å². The van der Waals surface area contributed by atoms with Crippen LogP contribution in [0.3, 0.4) is 0 Å². The highest BCUT2D eigenvalue weighted by Gasteiger charge is 2.31. The second kappa shape index (κ2) is 26.1. The van der Waals surface area contributed by atoms with Crippen LogP contribution in [-0.2, 0) is 52.9 Å². The average Bonchev–Trinajstić information content (AvgIpc) is 4.16. The van der Waals surface area contributed by atoms with Crippen molar-refractivity contribution in [1.82, 2.24) is 30.7 Å². The lowest BCUT2D eigenvalue weighted by Crippen LogP contribution is -2.38. The lowest BCUT2D eigenvalue weighted by Gasteiger charge is -2.21. The van der Waals surface area contributed by atoms with Crippen molar-refractivity contribution in [2.45, 2.75) is 84.2 Å². The quantitative estimate of drug-likeness (QED) is 0.0315. The van der Waals surface area contributed by atoms with Gasteiger partial charge in [0.25, 0.3) is 11.4 Å². The van der Waals surface area contributed by atoms with Crippen LogP contribution in [0.25, 0.3) is 0 Å². The van der Waals surface area contributed by atoms with E-state index in [2.05, 4.69) is 43.9 Å². The van der Waals surface area contributed by atoms with Crippen molar-refractivity contribution in [3.63, 3.8) is 0 Å². The van der Waals surface area contributed by atoms with Crippen LogP contribution in [0.5, 0.6) is 0 Å². The number of Topliss-reactive ketones (excluding diaryl/α,β-unsaturated/α-hetero) is 1. The van der Waals surface area contributed by atoms with Gasteiger partial charge in [0.1, 0.15) is 27.6 Å². The molecule has 2 unspecified atom stereocenters. The number of nitrogens with zero attached hydrogens (tertiary/aromatic N) is 6. The molecule has 3 heterocycles. The van der Waals surface area contributed by atoms with Gasteiger partial charge in [-0.15, -0.1) is 35.8 Å². The van der Waals surface area contributed by atoms with Gasteiger partial charge in [-0.1, -0.05) is 104 Å². The normalized spacial score (nSPS) is 12.4. The zero-order valence-corrected chi connectivity index (χ0v) is 40.4. The molecule has 0 bridgehead atoms. The lowest BCUT2D eigenvalue weighted by molar-refractivity contribution is -0.385. The molecule has 2 amide bonds. The summed E-state index contributed by atoms with van der Waals surface area (Å²) in [5, 5.41) is 37.4. The van der Waals surface area contributed by atoms with Crippen LogP contribution >= 0.6 is 22.7 Å². The molecular weight excluding hydrogens is 917 g/mol. The van der Waals surface area contributed by atoms with Crippen molar-refractivity contribution in [3.8, 4) is 0 Å². The fourth-order valence-corrected chi connectivity index (χ4v) is 8.99. The molecule has 0 saturated heterocycles. The Bertz CT molecular complexity index is 2760. The predicted octanol–water partition coefficient (Wildman–Crippen LogP) is 10.00. The molecule has 4 atom stereocenters. The summed E-state index contributed by atoms with van der Waals surface area (Å²) in [6.45, 7) is 13.2. The number of hydrogen-bond acceptors (Lipinski definition) is 14. The SMILES string of the molecule is C=C.CCc1csc([C@H](Cc2ccc([N+](=O)[O-])cc2)NC(=O)C(Cc2ccccc2)C(C)=O)n1.CCc1csc([C@H](Cc2ccc([N+](=O)[O-])cc2)NC(=O)C(Cc2ccccc2)c2nc(C)no2)n1. The minimum Gasteiger partial charge on any atom is -0.346 e. The van der Waals surface area contributed by atoms with E-state index in [4.69, 9.17) is 4.52 Å². The molecule has 2 N–H and O–H groups in total. The van der Waals surface area contributed by atoms with Crippen LogP contribution in [0.2, 0.25) is 0 Å². The van der Waals surface area contributed by atoms with Crippen molar-refractivity contribution in [2.75, 3.05) is 0 Å². The molecule has 69 heavy (non-hydrogen) atoms. The smallest absolute Gasteiger partial charge is 0.269 e. The second-order valence-electron chi connectivity index (χ2n) is 15.7. The predicted molar refractivity (Wildman–Crippen MR) is 266 cm³/mol. The first kappa shape index (κ1) is 52.4. The summed E-state index contributed by atoms with van der Waals surface area (Å²) in [5.41, 5.74) is 5.47. The zero-order chi connectivity index (χ0) is 49.9. The Hall–Kier alpha value is -7.57. The van der Waals surface area contributed by atoms with E-state index in [0.29, 0.717) is 31.5 Å². The maximum Gasteiger partial charge on any atom is 0.269 e. The van der Waals surface area contributed by atoms with Crippen molar-refractivity contribution in [3.05, 3.63) is 209 Å². The molecule has 18 heteroatoms. The van der Waals surface area contributed by atoms with Gasteiger partial charge >= 0.3 is 0 Å². The molecule has 0 aliphatic heterocycles. The van der Waals surface area contributed by atoms with E-state index in [1.807, 2.05) is 85.3 Å². The monoisotopic (exact) mass is 970 g/mol. The van der Waals surface area contributed by atoms with Gasteiger partial charge in [-0.25, -0.2) is 9.97 Å². The molecule has 4 aromatic carbocycles. The molecule has 0 fully saturated rings. The topological polar surface area (TPSA) is 226 Å². The first-order chi connectivity index (χ1) is 33.3. The number of thiazole rings is 2. The second-order valence-corrected chi connectivity index (χ2v) is 17.5. The fourth-order valence-electron chi connectivity index (χ4n) is 7.08. The van der Waals surface area contributed by atoms with Gasteiger partial charge in [0.2, 0.25) is 17.7 Å². The van der Waals surface area contributed by atoms with Gasteiger partial charge < -0.3 is 15.2 Å². The summed E-state index contributed by atoms with van der Waals surface area (Å²) in [6, 6.07) is 30.8. The highest BCUT2D eigenvalue weighted by Crippen LogP contribution is 2.28. The highest BCUT2D eigenvalue weighted by atomic mass is 32.1. The number of carbonyl (C=O) groups is 3. The van der Waals surface area contributed by atoms with E-state index < -0.39 is 33.8 Å². The maximum atomic E-state index is 13.6. The number of aryl methyl sites for hydroxylation is 3. The minimum atomic E-state index is -0.803. The Morgan fingerprint density at radius 2 is 1.04 bits per heavy atom. The van der Waals surface area contributed by atoms with Crippen LogP contribution < -0.4 is 10.6 Å². The third-order valence-electron chi connectivity index (χ3n) is 10.8. The van der Waals surface area contributed by atoms with Crippen molar-refractivity contribution in [2.24, 2.45) is 5.92 Å². The van der Waals surface area contributed by atoms with Crippen LogP contribution in [0.1, 0.15) is 94.1 Å². The van der Waals surface area contributed by atoms with Crippen LogP contribution in [0.15, 0.2) is 138 Å². The van der Waals surface area contributed by atoms with Gasteiger partial charge in [0.05, 0.1) is 33.3 Å². The fraction of sp³-hybridized carbons (Fsp3) is 0.275. The van der Waals surface area contributed by atoms with E-state index in [1.165, 1.54) is 53.9 Å². The molecule has 358 valence electrons. The molecule has 0 aliphatic carbocycles. The Labute approximate surface area is 408 Å². The summed E-state index contributed by atoms with van der Waals surface area (Å²) >= 11 is 2.94. The number of rotatable bonds is 20. The third kappa shape index (κ3) is 15.5. The number of non-ortho nitro benzene ring substituents is 2. The van der Waals surface area contributed by atoms with E-state index in [0.717, 1.165) is 56.5 Å². The summed E-state index contributed by atoms with van der Waals surface area (Å²) in [6.07, 6.45) is 3.13. The lowest BCUT2D eigenvalue weighted by atomic mass is 9.94. The van der Waals surface area contributed by atoms with E-state index in [-0.39, 0.29) is 34.9 Å². The largest absolute Gasteiger partial charge is 0.346 e. The number of nitro groups is 2. The van der Waals surface area contributed by atoms with Crippen molar-refractivity contribution >= 4 is 51.6 Å². The molecule has 7 rings (SSSR count). The molecule has 16 nitrogen and oxygen atoms in total. The number of ketones is 1. The van der Waals surface area contributed by atoms with Gasteiger partial charge in [-0.2, -0.15) is 4.98 Å². The first-order valence-corrected chi connectivity index (χ1v) is 23.9. The van der Waals surface area contributed by atoms with Gasteiger partial charge in [-0.3, -0.25) is 34.6 Å². The molecule has 3 aromatic heterocycles. The number of carbonyl (C=O) groups excluding carboxylic acids is 3. The standard InChI is InChI=1S/C25H25N5O4S.C24H25N3O4S.C2H4/c1-3-19-15-35-25(27-19)22(14-18-9-11-20(12-10-18)30(32)33)28-23(31)21(24-26-16(2)29-34-24)13-17-7-5-4-6-8-17;1-3-19-15-32-24(25-19)22(14-18-9-11-20(12-10-18)27(30)31)26-23(29)21(16(2)28)13-17-7-5-4-6-8-17;1-2/h4-12,15,21-22H,3,13-14H2,1-2H3,(H,28,31);4-12,15,21-22H,3,13-14H2,1-2H3,(H,26,29);1-2H2/t2*21?,22-;/m00./s1. The zero-order valence-electron chi connectivity index (χ0n) is 38.8. The molecular formula is C51H54N8O8S2. The summed E-state index contributed by atoms with van der Waals surface area (Å²) in [5.74, 6) is -1.56. The minimum absolute atomic E-state index is 0.0105. The summed E-state index contributed by atoms with van der Waals surface area (Å²) in [4.78, 5) is 73.7. The van der Waals surface area contributed by atoms with Crippen LogP contribution in [-0.4, -0.2) is 47.6 Å². The van der Waals surface area contributed by atoms with E-state index >= 15 is 0 Å². The summed E-state index contributed by atoms with van der Waals surface area (Å²) in [7, 11) is 0. The Morgan fingerprint density at radius 1 is 0.623 bits per heavy atom. The number of aromatic nitrogens is 4. The Morgan fingerprint density at radius 3 is 1.42 bits per heavy atom. The van der Waals surface area contributed by atoms with Gasteiger partial charge in [-0.05, 0) is 74.6 Å². The number of hydrogen-bond donors (Lipinski definition) is 2. The maximum absolute atomic E-state index is 13.6. The average molecular weight is 971 g/mol. The van der Waals surface area contributed by atoms with Gasteiger partial charge in [0.15, 0.2) is 5.82 Å². The van der Waals surface area contributed by atoms with Crippen molar-refractivity contribution < 1.29 is 28.8 Å². The van der Waals surface area contributed by atoms with E-state index in [9.17, 15) is 34.6 Å². The van der Waals surface area contributed by atoms with Gasteiger partial charge in [0, 0.05) is 35.0 Å². The number of amides is 2. The molecule has 0 radical (unpaired) electrons. The molecule has 0 spiro atoms. The highest BCUT2D eigenvalue weighted by molar-refractivity contribution is 7.10. The van der Waals surface area contributed by atoms with Crippen LogP contribution in [0.4, 0.5) is 11.4 Å². The number of nitro benzene ring substituents is 2. The molecule has 7 aromatic rings. The number of benzene rings is 4. The first-order valence-electron chi connectivity index (χ1n) is 22.1. The molecule has 0 aliphatic rings. The summed E-state index contributed by atoms with van der Waals surface area (Å²) < 4.78 is 5.38. The molecule has 0 saturated carbocycles. The number of nitrogens with one attached hydrogen (secondary N) is 2.